The molecule has 0 unspecified atom stereocenters. The standard InChI is InChI=1S/C23H23FN4O2/c24-22-14-17(7-9-21(22)18-4-2-1-3-5-18)6-8-20-15-19(27-30-20)16-26-23(25)28-10-12-29-13-11-28/h1-9,14-15H,10-13,16H2,(H2,25,26). The van der Waals surface area contributed by atoms with Gasteiger partial charge in [-0.2, -0.15) is 0 Å². The van der Waals surface area contributed by atoms with Gasteiger partial charge in [0.25, 0.3) is 0 Å². The highest BCUT2D eigenvalue weighted by Gasteiger charge is 2.12. The van der Waals surface area contributed by atoms with Crippen molar-refractivity contribution >= 4 is 18.1 Å². The summed E-state index contributed by atoms with van der Waals surface area (Å²) in [5.41, 5.74) is 8.86. The van der Waals surface area contributed by atoms with Crippen molar-refractivity contribution in [3.8, 4) is 11.1 Å². The van der Waals surface area contributed by atoms with Gasteiger partial charge in [-0.3, -0.25) is 0 Å². The minimum absolute atomic E-state index is 0.269. The Labute approximate surface area is 174 Å². The van der Waals surface area contributed by atoms with E-state index in [-0.39, 0.29) is 5.82 Å². The molecule has 1 saturated heterocycles. The summed E-state index contributed by atoms with van der Waals surface area (Å²) in [6.07, 6.45) is 3.54. The summed E-state index contributed by atoms with van der Waals surface area (Å²) in [4.78, 5) is 6.35. The Hall–Kier alpha value is -3.45. The largest absolute Gasteiger partial charge is 0.378 e. The Bertz CT molecular complexity index is 1040. The average Bonchev–Trinajstić information content (AvgIpc) is 3.25. The maximum atomic E-state index is 14.5. The first-order chi connectivity index (χ1) is 14.7. The number of hydrogen-bond acceptors (Lipinski definition) is 4. The Kier molecular flexibility index (Phi) is 6.20. The topological polar surface area (TPSA) is 76.9 Å². The number of guanidine groups is 1. The fraction of sp³-hybridized carbons (Fsp3) is 0.217. The van der Waals surface area contributed by atoms with Crippen molar-refractivity contribution in [1.29, 1.82) is 0 Å². The lowest BCUT2D eigenvalue weighted by molar-refractivity contribution is 0.0674. The van der Waals surface area contributed by atoms with Gasteiger partial charge in [0.2, 0.25) is 0 Å². The first-order valence-electron chi connectivity index (χ1n) is 9.80. The fourth-order valence-electron chi connectivity index (χ4n) is 3.20. The second-order valence-electron chi connectivity index (χ2n) is 6.93. The molecule has 154 valence electrons. The molecule has 2 heterocycles. The van der Waals surface area contributed by atoms with Gasteiger partial charge in [-0.05, 0) is 23.3 Å². The number of aliphatic imine (C=N–C) groups is 1. The SMILES string of the molecule is NC(=NCc1cc(C=Cc2ccc(-c3ccccc3)c(F)c2)on1)N1CCOCC1. The van der Waals surface area contributed by atoms with Crippen molar-refractivity contribution in [3.05, 3.63) is 77.4 Å². The van der Waals surface area contributed by atoms with E-state index in [0.717, 1.165) is 24.2 Å². The highest BCUT2D eigenvalue weighted by Crippen LogP contribution is 2.24. The van der Waals surface area contributed by atoms with Gasteiger partial charge in [-0.1, -0.05) is 53.7 Å². The van der Waals surface area contributed by atoms with Crippen LogP contribution >= 0.6 is 0 Å². The Balaban J connectivity index is 1.39. The molecule has 0 aliphatic carbocycles. The van der Waals surface area contributed by atoms with E-state index in [2.05, 4.69) is 10.1 Å². The summed E-state index contributed by atoms with van der Waals surface area (Å²) in [5, 5.41) is 4.01. The van der Waals surface area contributed by atoms with Crippen molar-refractivity contribution in [2.24, 2.45) is 10.7 Å². The van der Waals surface area contributed by atoms with Crippen LogP contribution in [0.3, 0.4) is 0 Å². The van der Waals surface area contributed by atoms with Gasteiger partial charge in [-0.15, -0.1) is 0 Å². The van der Waals surface area contributed by atoms with Crippen LogP contribution in [0.5, 0.6) is 0 Å². The third-order valence-electron chi connectivity index (χ3n) is 4.83. The number of nitrogens with two attached hydrogens (primary N) is 1. The summed E-state index contributed by atoms with van der Waals surface area (Å²) in [6.45, 7) is 3.12. The first kappa shape index (κ1) is 19.8. The predicted octanol–water partition coefficient (Wildman–Crippen LogP) is 3.80. The van der Waals surface area contributed by atoms with Crippen LogP contribution in [-0.2, 0) is 11.3 Å². The first-order valence-corrected chi connectivity index (χ1v) is 9.80. The number of aromatic nitrogens is 1. The van der Waals surface area contributed by atoms with Crippen LogP contribution in [0.4, 0.5) is 4.39 Å². The zero-order valence-electron chi connectivity index (χ0n) is 16.5. The Morgan fingerprint density at radius 2 is 1.90 bits per heavy atom. The van der Waals surface area contributed by atoms with Crippen LogP contribution in [-0.4, -0.2) is 42.3 Å². The van der Waals surface area contributed by atoms with Crippen LogP contribution in [0.15, 0.2) is 64.1 Å². The number of hydrogen-bond donors (Lipinski definition) is 1. The lowest BCUT2D eigenvalue weighted by Crippen LogP contribution is -2.44. The molecule has 0 saturated carbocycles. The molecule has 0 bridgehead atoms. The Morgan fingerprint density at radius 3 is 2.67 bits per heavy atom. The van der Waals surface area contributed by atoms with Crippen LogP contribution in [0, 0.1) is 5.82 Å². The normalized spacial score (nSPS) is 15.1. The number of benzene rings is 2. The number of rotatable bonds is 5. The fourth-order valence-corrected chi connectivity index (χ4v) is 3.20. The average molecular weight is 406 g/mol. The van der Waals surface area contributed by atoms with Gasteiger partial charge in [0.05, 0.1) is 19.8 Å². The second kappa shape index (κ2) is 9.37. The number of ether oxygens (including phenoxy) is 1. The minimum atomic E-state index is -0.269. The highest BCUT2D eigenvalue weighted by atomic mass is 19.1. The molecular formula is C23H23FN4O2. The molecule has 4 rings (SSSR count). The molecule has 7 heteroatoms. The molecule has 6 nitrogen and oxygen atoms in total. The minimum Gasteiger partial charge on any atom is -0.378 e. The molecule has 30 heavy (non-hydrogen) atoms. The lowest BCUT2D eigenvalue weighted by Gasteiger charge is -2.27. The Morgan fingerprint density at radius 1 is 1.10 bits per heavy atom. The smallest absolute Gasteiger partial charge is 0.191 e. The van der Waals surface area contributed by atoms with Gasteiger partial charge in [0.1, 0.15) is 11.5 Å². The monoisotopic (exact) mass is 406 g/mol. The molecule has 1 aliphatic heterocycles. The van der Waals surface area contributed by atoms with E-state index >= 15 is 0 Å². The van der Waals surface area contributed by atoms with Crippen molar-refractivity contribution in [3.63, 3.8) is 0 Å². The summed E-state index contributed by atoms with van der Waals surface area (Å²) >= 11 is 0. The van der Waals surface area contributed by atoms with E-state index in [1.807, 2.05) is 41.3 Å². The van der Waals surface area contributed by atoms with Gasteiger partial charge in [0.15, 0.2) is 11.7 Å². The quantitative estimate of drug-likeness (QED) is 0.515. The van der Waals surface area contributed by atoms with Crippen LogP contribution in [0.1, 0.15) is 17.0 Å². The van der Waals surface area contributed by atoms with E-state index in [1.54, 1.807) is 24.3 Å². The molecule has 2 aromatic carbocycles. The molecule has 1 aromatic heterocycles. The zero-order valence-corrected chi connectivity index (χ0v) is 16.5. The zero-order chi connectivity index (χ0) is 20.8. The van der Waals surface area contributed by atoms with Crippen LogP contribution in [0.25, 0.3) is 23.3 Å². The summed E-state index contributed by atoms with van der Waals surface area (Å²) < 4.78 is 25.1. The number of nitrogens with zero attached hydrogens (tertiary/aromatic N) is 3. The van der Waals surface area contributed by atoms with E-state index in [1.165, 1.54) is 6.07 Å². The molecule has 1 aliphatic rings. The van der Waals surface area contributed by atoms with Gasteiger partial charge in [-0.25, -0.2) is 9.38 Å². The second-order valence-corrected chi connectivity index (χ2v) is 6.93. The van der Waals surface area contributed by atoms with Gasteiger partial charge >= 0.3 is 0 Å². The maximum Gasteiger partial charge on any atom is 0.191 e. The van der Waals surface area contributed by atoms with E-state index in [0.29, 0.717) is 42.7 Å². The molecule has 0 atom stereocenters. The van der Waals surface area contributed by atoms with Crippen molar-refractivity contribution < 1.29 is 13.7 Å². The van der Waals surface area contributed by atoms with E-state index < -0.39 is 0 Å². The molecule has 2 N–H and O–H groups in total. The van der Waals surface area contributed by atoms with Crippen molar-refractivity contribution in [1.82, 2.24) is 10.1 Å². The van der Waals surface area contributed by atoms with Crippen molar-refractivity contribution in [2.75, 3.05) is 26.3 Å². The van der Waals surface area contributed by atoms with Crippen LogP contribution < -0.4 is 5.73 Å². The van der Waals surface area contributed by atoms with Gasteiger partial charge in [0, 0.05) is 24.7 Å². The number of morpholine rings is 1. The van der Waals surface area contributed by atoms with Crippen LogP contribution in [0.2, 0.25) is 0 Å². The van der Waals surface area contributed by atoms with Gasteiger partial charge < -0.3 is 19.9 Å². The third kappa shape index (κ3) is 4.93. The highest BCUT2D eigenvalue weighted by molar-refractivity contribution is 5.78. The predicted molar refractivity (Wildman–Crippen MR) is 115 cm³/mol. The summed E-state index contributed by atoms with van der Waals surface area (Å²) in [7, 11) is 0. The molecule has 0 amide bonds. The molecular weight excluding hydrogens is 383 g/mol. The molecule has 1 fully saturated rings. The number of halogens is 1. The lowest BCUT2D eigenvalue weighted by atomic mass is 10.0. The maximum absolute atomic E-state index is 14.5. The molecule has 3 aromatic rings. The van der Waals surface area contributed by atoms with Crippen molar-refractivity contribution in [2.45, 2.75) is 6.54 Å². The summed E-state index contributed by atoms with van der Waals surface area (Å²) in [6, 6.07) is 16.4. The van der Waals surface area contributed by atoms with E-state index in [4.69, 9.17) is 15.0 Å². The molecule has 0 radical (unpaired) electrons. The third-order valence-corrected chi connectivity index (χ3v) is 4.83. The van der Waals surface area contributed by atoms with E-state index in [9.17, 15) is 4.39 Å². The summed E-state index contributed by atoms with van der Waals surface area (Å²) in [5.74, 6) is 0.777. The molecule has 0 spiro atoms.